The fourth-order valence-corrected chi connectivity index (χ4v) is 2.50. The molecule has 0 unspecified atom stereocenters. The summed E-state index contributed by atoms with van der Waals surface area (Å²) >= 11 is 0. The van der Waals surface area contributed by atoms with Crippen molar-refractivity contribution in [1.29, 1.82) is 0 Å². The van der Waals surface area contributed by atoms with Crippen LogP contribution in [0.25, 0.3) is 0 Å². The van der Waals surface area contributed by atoms with E-state index in [0.717, 1.165) is 37.1 Å². The highest BCUT2D eigenvalue weighted by molar-refractivity contribution is 5.45. The molecule has 0 radical (unpaired) electrons. The standard InChI is InChI=1S/C16H28N4/c1-5-17-14-12-13(16(2,3)4)18-15(19-14)20-10-8-6-7-9-11-20/h12H,5-11H2,1-4H3,(H,17,18,19). The van der Waals surface area contributed by atoms with Gasteiger partial charge in [-0.15, -0.1) is 0 Å². The molecule has 1 aliphatic rings. The number of nitrogens with one attached hydrogen (secondary N) is 1. The smallest absolute Gasteiger partial charge is 0.227 e. The largest absolute Gasteiger partial charge is 0.370 e. The lowest BCUT2D eigenvalue weighted by Gasteiger charge is -2.25. The lowest BCUT2D eigenvalue weighted by atomic mass is 9.92. The van der Waals surface area contributed by atoms with Crippen molar-refractivity contribution in [3.8, 4) is 0 Å². The highest BCUT2D eigenvalue weighted by atomic mass is 15.3. The highest BCUT2D eigenvalue weighted by Gasteiger charge is 2.20. The Morgan fingerprint density at radius 3 is 2.30 bits per heavy atom. The van der Waals surface area contributed by atoms with Crippen molar-refractivity contribution in [3.63, 3.8) is 0 Å². The Kier molecular flexibility index (Phi) is 4.84. The minimum atomic E-state index is 0.0493. The fourth-order valence-electron chi connectivity index (χ4n) is 2.50. The van der Waals surface area contributed by atoms with Gasteiger partial charge < -0.3 is 10.2 Å². The van der Waals surface area contributed by atoms with Crippen LogP contribution >= 0.6 is 0 Å². The van der Waals surface area contributed by atoms with E-state index in [0.29, 0.717) is 0 Å². The molecule has 0 atom stereocenters. The minimum Gasteiger partial charge on any atom is -0.370 e. The van der Waals surface area contributed by atoms with Crippen molar-refractivity contribution in [3.05, 3.63) is 11.8 Å². The Bertz CT molecular complexity index is 429. The van der Waals surface area contributed by atoms with Crippen molar-refractivity contribution in [2.75, 3.05) is 29.9 Å². The monoisotopic (exact) mass is 276 g/mol. The zero-order valence-electron chi connectivity index (χ0n) is 13.4. The Labute approximate surface area is 123 Å². The van der Waals surface area contributed by atoms with Gasteiger partial charge in [0, 0.05) is 31.1 Å². The summed E-state index contributed by atoms with van der Waals surface area (Å²) in [5, 5.41) is 3.34. The maximum atomic E-state index is 4.83. The molecule has 0 aromatic carbocycles. The van der Waals surface area contributed by atoms with E-state index in [1.54, 1.807) is 0 Å². The molecule has 2 rings (SSSR count). The Balaban J connectivity index is 2.32. The molecule has 0 spiro atoms. The summed E-state index contributed by atoms with van der Waals surface area (Å²) in [5.41, 5.74) is 1.16. The number of anilines is 2. The molecule has 1 aromatic heterocycles. The first-order valence-electron chi connectivity index (χ1n) is 7.89. The van der Waals surface area contributed by atoms with Gasteiger partial charge in [0.2, 0.25) is 5.95 Å². The molecule has 2 heterocycles. The van der Waals surface area contributed by atoms with Gasteiger partial charge in [-0.1, -0.05) is 33.6 Å². The molecule has 1 saturated heterocycles. The summed E-state index contributed by atoms with van der Waals surface area (Å²) in [7, 11) is 0. The van der Waals surface area contributed by atoms with Crippen molar-refractivity contribution in [2.24, 2.45) is 0 Å². The Morgan fingerprint density at radius 2 is 1.75 bits per heavy atom. The molecule has 0 bridgehead atoms. The van der Waals surface area contributed by atoms with Crippen LogP contribution in [0.15, 0.2) is 6.07 Å². The first-order valence-corrected chi connectivity index (χ1v) is 7.89. The summed E-state index contributed by atoms with van der Waals surface area (Å²) in [6.45, 7) is 11.8. The average molecular weight is 276 g/mol. The van der Waals surface area contributed by atoms with Gasteiger partial charge in [-0.3, -0.25) is 0 Å². The van der Waals surface area contributed by atoms with E-state index in [2.05, 4.69) is 44.0 Å². The van der Waals surface area contributed by atoms with E-state index in [1.165, 1.54) is 25.7 Å². The number of aromatic nitrogens is 2. The van der Waals surface area contributed by atoms with Crippen LogP contribution in [0.1, 0.15) is 59.1 Å². The van der Waals surface area contributed by atoms with E-state index in [1.807, 2.05) is 0 Å². The first-order chi connectivity index (χ1) is 9.50. The molecule has 4 nitrogen and oxygen atoms in total. The van der Waals surface area contributed by atoms with Crippen molar-refractivity contribution < 1.29 is 0 Å². The summed E-state index contributed by atoms with van der Waals surface area (Å²) < 4.78 is 0. The van der Waals surface area contributed by atoms with Crippen LogP contribution in [0.2, 0.25) is 0 Å². The third kappa shape index (κ3) is 3.84. The molecule has 112 valence electrons. The quantitative estimate of drug-likeness (QED) is 0.916. The lowest BCUT2D eigenvalue weighted by molar-refractivity contribution is 0.565. The predicted octanol–water partition coefficient (Wildman–Crippen LogP) is 3.59. The lowest BCUT2D eigenvalue weighted by Crippen LogP contribution is -2.28. The molecule has 0 aliphatic carbocycles. The Morgan fingerprint density at radius 1 is 1.10 bits per heavy atom. The summed E-state index contributed by atoms with van der Waals surface area (Å²) in [6.07, 6.45) is 5.16. The molecule has 1 N–H and O–H groups in total. The van der Waals surface area contributed by atoms with Gasteiger partial charge in [0.1, 0.15) is 5.82 Å². The average Bonchev–Trinajstić information content (AvgIpc) is 2.66. The molecular formula is C16H28N4. The second-order valence-electron chi connectivity index (χ2n) is 6.62. The summed E-state index contributed by atoms with van der Waals surface area (Å²) in [6, 6.07) is 2.09. The van der Waals surface area contributed by atoms with Crippen LogP contribution in [0.5, 0.6) is 0 Å². The second-order valence-corrected chi connectivity index (χ2v) is 6.62. The normalized spacial score (nSPS) is 16.9. The maximum Gasteiger partial charge on any atom is 0.227 e. The Hall–Kier alpha value is -1.32. The number of rotatable bonds is 3. The fraction of sp³-hybridized carbons (Fsp3) is 0.750. The van der Waals surface area contributed by atoms with E-state index in [9.17, 15) is 0 Å². The zero-order valence-corrected chi connectivity index (χ0v) is 13.4. The van der Waals surface area contributed by atoms with E-state index >= 15 is 0 Å². The van der Waals surface area contributed by atoms with Crippen molar-refractivity contribution in [2.45, 2.75) is 58.8 Å². The summed E-state index contributed by atoms with van der Waals surface area (Å²) in [4.78, 5) is 11.9. The maximum absolute atomic E-state index is 4.83. The van der Waals surface area contributed by atoms with Gasteiger partial charge in [0.25, 0.3) is 0 Å². The summed E-state index contributed by atoms with van der Waals surface area (Å²) in [5.74, 6) is 1.85. The van der Waals surface area contributed by atoms with Gasteiger partial charge in [-0.05, 0) is 19.8 Å². The zero-order chi connectivity index (χ0) is 14.6. The van der Waals surface area contributed by atoms with Crippen LogP contribution in [0, 0.1) is 0 Å². The molecule has 0 saturated carbocycles. The minimum absolute atomic E-state index is 0.0493. The van der Waals surface area contributed by atoms with Crippen LogP contribution in [0.3, 0.4) is 0 Å². The van der Waals surface area contributed by atoms with Gasteiger partial charge in [0.05, 0.1) is 5.69 Å². The van der Waals surface area contributed by atoms with Crippen LogP contribution in [-0.2, 0) is 5.41 Å². The topological polar surface area (TPSA) is 41.1 Å². The van der Waals surface area contributed by atoms with E-state index in [-0.39, 0.29) is 5.41 Å². The third-order valence-corrected chi connectivity index (χ3v) is 3.73. The van der Waals surface area contributed by atoms with Crippen molar-refractivity contribution in [1.82, 2.24) is 9.97 Å². The molecule has 1 aromatic rings. The van der Waals surface area contributed by atoms with E-state index in [4.69, 9.17) is 9.97 Å². The van der Waals surface area contributed by atoms with Crippen LogP contribution < -0.4 is 10.2 Å². The molecule has 1 aliphatic heterocycles. The number of nitrogens with zero attached hydrogens (tertiary/aromatic N) is 3. The molecule has 0 amide bonds. The van der Waals surface area contributed by atoms with Crippen LogP contribution in [-0.4, -0.2) is 29.6 Å². The molecule has 1 fully saturated rings. The van der Waals surface area contributed by atoms with Gasteiger partial charge in [-0.2, -0.15) is 4.98 Å². The predicted molar refractivity (Wildman–Crippen MR) is 85.6 cm³/mol. The van der Waals surface area contributed by atoms with Gasteiger partial charge >= 0.3 is 0 Å². The van der Waals surface area contributed by atoms with Crippen molar-refractivity contribution >= 4 is 11.8 Å². The van der Waals surface area contributed by atoms with Gasteiger partial charge in [0.15, 0.2) is 0 Å². The molecule has 20 heavy (non-hydrogen) atoms. The molecular weight excluding hydrogens is 248 g/mol. The first kappa shape index (κ1) is 15.1. The second kappa shape index (κ2) is 6.42. The molecule has 4 heteroatoms. The van der Waals surface area contributed by atoms with Crippen LogP contribution in [0.4, 0.5) is 11.8 Å². The third-order valence-electron chi connectivity index (χ3n) is 3.73. The highest BCUT2D eigenvalue weighted by Crippen LogP contribution is 2.25. The van der Waals surface area contributed by atoms with E-state index < -0.39 is 0 Å². The number of hydrogen-bond acceptors (Lipinski definition) is 4. The van der Waals surface area contributed by atoms with Gasteiger partial charge in [-0.25, -0.2) is 4.98 Å². The number of hydrogen-bond donors (Lipinski definition) is 1. The SMILES string of the molecule is CCNc1cc(C(C)(C)C)nc(N2CCCCCC2)n1.